The number of likely N-dealkylation sites (N-methyl/N-ethyl adjacent to an activating group) is 1. The summed E-state index contributed by atoms with van der Waals surface area (Å²) in [7, 11) is 1.58. The third-order valence-electron chi connectivity index (χ3n) is 2.88. The number of hydrogen-bond acceptors (Lipinski definition) is 3. The average molecular weight is 263 g/mol. The van der Waals surface area contributed by atoms with Gasteiger partial charge in [0.05, 0.1) is 17.7 Å². The van der Waals surface area contributed by atoms with Gasteiger partial charge in [-0.25, -0.2) is 4.39 Å². The Morgan fingerprint density at radius 3 is 2.84 bits per heavy atom. The van der Waals surface area contributed by atoms with Crippen LogP contribution in [0.3, 0.4) is 0 Å². The van der Waals surface area contributed by atoms with E-state index in [2.05, 4.69) is 0 Å². The Morgan fingerprint density at radius 2 is 2.26 bits per heavy atom. The van der Waals surface area contributed by atoms with Crippen LogP contribution in [-0.2, 0) is 11.3 Å². The molecule has 0 radical (unpaired) electrons. The highest BCUT2D eigenvalue weighted by molar-refractivity contribution is 5.81. The van der Waals surface area contributed by atoms with E-state index in [0.717, 1.165) is 6.42 Å². The van der Waals surface area contributed by atoms with Gasteiger partial charge in [-0.05, 0) is 24.6 Å². The van der Waals surface area contributed by atoms with Crippen LogP contribution in [0.4, 0.5) is 4.39 Å². The van der Waals surface area contributed by atoms with Gasteiger partial charge in [0.1, 0.15) is 5.82 Å². The van der Waals surface area contributed by atoms with Crippen molar-refractivity contribution in [1.82, 2.24) is 4.90 Å². The molecule has 1 atom stereocenters. The Bertz CT molecular complexity index is 496. The van der Waals surface area contributed by atoms with E-state index < -0.39 is 11.9 Å². The lowest BCUT2D eigenvalue weighted by Gasteiger charge is -2.21. The smallest absolute Gasteiger partial charge is 0.239 e. The number of benzene rings is 1. The molecule has 0 aliphatic carbocycles. The average Bonchev–Trinajstić information content (AvgIpc) is 2.40. The molecule has 0 spiro atoms. The zero-order valence-corrected chi connectivity index (χ0v) is 11.2. The van der Waals surface area contributed by atoms with E-state index in [1.54, 1.807) is 7.05 Å². The summed E-state index contributed by atoms with van der Waals surface area (Å²) in [5.74, 6) is -0.647. The molecular weight excluding hydrogens is 245 g/mol. The van der Waals surface area contributed by atoms with E-state index in [1.807, 2.05) is 13.0 Å². The van der Waals surface area contributed by atoms with E-state index in [1.165, 1.54) is 23.1 Å². The fourth-order valence-electron chi connectivity index (χ4n) is 1.82. The summed E-state index contributed by atoms with van der Waals surface area (Å²) >= 11 is 0. The van der Waals surface area contributed by atoms with E-state index in [9.17, 15) is 9.18 Å². The Morgan fingerprint density at radius 1 is 1.58 bits per heavy atom. The highest BCUT2D eigenvalue weighted by atomic mass is 19.1. The maximum atomic E-state index is 13.6. The minimum absolute atomic E-state index is 0.109. The molecule has 0 saturated carbocycles. The maximum Gasteiger partial charge on any atom is 0.239 e. The summed E-state index contributed by atoms with van der Waals surface area (Å²) in [6.07, 6.45) is 1.42. The van der Waals surface area contributed by atoms with Gasteiger partial charge in [0.25, 0.3) is 0 Å². The maximum absolute atomic E-state index is 13.6. The molecule has 1 amide bonds. The largest absolute Gasteiger partial charge is 0.340 e. The topological polar surface area (TPSA) is 70.1 Å². The second-order valence-electron chi connectivity index (χ2n) is 4.51. The lowest BCUT2D eigenvalue weighted by atomic mass is 10.1. The number of carbonyl (C=O) groups is 1. The lowest BCUT2D eigenvalue weighted by molar-refractivity contribution is -0.132. The van der Waals surface area contributed by atoms with Crippen LogP contribution in [-0.4, -0.2) is 23.9 Å². The predicted octanol–water partition coefficient (Wildman–Crippen LogP) is 1.78. The van der Waals surface area contributed by atoms with Crippen LogP contribution < -0.4 is 5.73 Å². The number of nitrogens with two attached hydrogens (primary N) is 1. The van der Waals surface area contributed by atoms with Crippen LogP contribution >= 0.6 is 0 Å². The van der Waals surface area contributed by atoms with Gasteiger partial charge in [-0.2, -0.15) is 5.26 Å². The van der Waals surface area contributed by atoms with Gasteiger partial charge in [-0.15, -0.1) is 0 Å². The fourth-order valence-corrected chi connectivity index (χ4v) is 1.82. The van der Waals surface area contributed by atoms with Gasteiger partial charge >= 0.3 is 0 Å². The van der Waals surface area contributed by atoms with Gasteiger partial charge in [-0.3, -0.25) is 4.79 Å². The van der Waals surface area contributed by atoms with Crippen LogP contribution in [0.25, 0.3) is 0 Å². The van der Waals surface area contributed by atoms with Crippen molar-refractivity contribution in [2.24, 2.45) is 5.73 Å². The number of nitrogens with zero attached hydrogens (tertiary/aromatic N) is 2. The highest BCUT2D eigenvalue weighted by Crippen LogP contribution is 2.13. The Kier molecular flexibility index (Phi) is 5.46. The molecule has 4 nitrogen and oxygen atoms in total. The summed E-state index contributed by atoms with van der Waals surface area (Å²) in [5, 5.41) is 8.78. The van der Waals surface area contributed by atoms with Gasteiger partial charge in [0.15, 0.2) is 0 Å². The van der Waals surface area contributed by atoms with Crippen LogP contribution in [0.1, 0.15) is 30.9 Å². The van der Waals surface area contributed by atoms with Gasteiger partial charge < -0.3 is 10.6 Å². The zero-order valence-electron chi connectivity index (χ0n) is 11.2. The molecule has 0 bridgehead atoms. The second-order valence-corrected chi connectivity index (χ2v) is 4.51. The molecule has 19 heavy (non-hydrogen) atoms. The summed E-state index contributed by atoms with van der Waals surface area (Å²) in [5.41, 5.74) is 6.43. The fraction of sp³-hybridized carbons (Fsp3) is 0.429. The first-order valence-electron chi connectivity index (χ1n) is 6.18. The normalized spacial score (nSPS) is 11.7. The number of rotatable bonds is 5. The number of amides is 1. The molecule has 1 rings (SSSR count). The quantitative estimate of drug-likeness (QED) is 0.880. The molecule has 1 unspecified atom stereocenters. The first kappa shape index (κ1) is 15.1. The van der Waals surface area contributed by atoms with Gasteiger partial charge in [0, 0.05) is 19.2 Å². The monoisotopic (exact) mass is 263 g/mol. The van der Waals surface area contributed by atoms with Crippen molar-refractivity contribution < 1.29 is 9.18 Å². The lowest BCUT2D eigenvalue weighted by Crippen LogP contribution is -2.41. The molecule has 0 fully saturated rings. The standard InChI is InChI=1S/C14H18FN3O/c1-3-4-13(17)14(19)18(2)9-11-7-10(8-16)5-6-12(11)15/h5-7,13H,3-4,9,17H2,1-2H3. The zero-order chi connectivity index (χ0) is 14.4. The van der Waals surface area contributed by atoms with Gasteiger partial charge in [0.2, 0.25) is 5.91 Å². The summed E-state index contributed by atoms with van der Waals surface area (Å²) < 4.78 is 13.6. The van der Waals surface area contributed by atoms with Crippen LogP contribution in [0.15, 0.2) is 18.2 Å². The Hall–Kier alpha value is -1.93. The summed E-state index contributed by atoms with van der Waals surface area (Å²) in [4.78, 5) is 13.3. The van der Waals surface area contributed by atoms with Crippen molar-refractivity contribution >= 4 is 5.91 Å². The van der Waals surface area contributed by atoms with Gasteiger partial charge in [-0.1, -0.05) is 13.3 Å². The SMILES string of the molecule is CCCC(N)C(=O)N(C)Cc1cc(C#N)ccc1F. The van der Waals surface area contributed by atoms with Crippen LogP contribution in [0.2, 0.25) is 0 Å². The van der Waals surface area contributed by atoms with Crippen molar-refractivity contribution in [2.75, 3.05) is 7.05 Å². The molecule has 0 aromatic heterocycles. The van der Waals surface area contributed by atoms with Crippen molar-refractivity contribution in [3.8, 4) is 6.07 Å². The number of carbonyl (C=O) groups excluding carboxylic acids is 1. The van der Waals surface area contributed by atoms with E-state index in [-0.39, 0.29) is 12.5 Å². The van der Waals surface area contributed by atoms with E-state index in [4.69, 9.17) is 11.0 Å². The molecule has 0 saturated heterocycles. The third kappa shape index (κ3) is 4.04. The van der Waals surface area contributed by atoms with E-state index in [0.29, 0.717) is 17.5 Å². The number of hydrogen-bond donors (Lipinski definition) is 1. The molecule has 5 heteroatoms. The molecule has 0 aliphatic heterocycles. The first-order chi connectivity index (χ1) is 8.99. The van der Waals surface area contributed by atoms with E-state index >= 15 is 0 Å². The minimum atomic E-state index is -0.558. The molecule has 0 heterocycles. The second kappa shape index (κ2) is 6.86. The van der Waals surface area contributed by atoms with Crippen molar-refractivity contribution in [1.29, 1.82) is 5.26 Å². The number of halogens is 1. The Labute approximate surface area is 112 Å². The highest BCUT2D eigenvalue weighted by Gasteiger charge is 2.18. The summed E-state index contributed by atoms with van der Waals surface area (Å²) in [6.45, 7) is 2.06. The number of nitriles is 1. The Balaban J connectivity index is 2.79. The molecular formula is C14H18FN3O. The molecule has 102 valence electrons. The first-order valence-corrected chi connectivity index (χ1v) is 6.18. The van der Waals surface area contributed by atoms with Crippen molar-refractivity contribution in [2.45, 2.75) is 32.4 Å². The molecule has 1 aromatic rings. The molecule has 0 aliphatic rings. The van der Waals surface area contributed by atoms with Crippen molar-refractivity contribution in [3.05, 3.63) is 35.1 Å². The van der Waals surface area contributed by atoms with Crippen molar-refractivity contribution in [3.63, 3.8) is 0 Å². The molecule has 1 aromatic carbocycles. The third-order valence-corrected chi connectivity index (χ3v) is 2.88. The molecule has 2 N–H and O–H groups in total. The van der Waals surface area contributed by atoms with Crippen LogP contribution in [0.5, 0.6) is 0 Å². The summed E-state index contributed by atoms with van der Waals surface area (Å²) in [6, 6.07) is 5.48. The van der Waals surface area contributed by atoms with Crippen LogP contribution in [0, 0.1) is 17.1 Å². The minimum Gasteiger partial charge on any atom is -0.340 e. The predicted molar refractivity (Wildman–Crippen MR) is 70.5 cm³/mol.